The lowest BCUT2D eigenvalue weighted by atomic mass is 10.1. The van der Waals surface area contributed by atoms with Crippen LogP contribution in [0.25, 0.3) is 5.57 Å². The number of phenolic OH excluding ortho intramolecular Hbond substituents is 1. The first-order chi connectivity index (χ1) is 9.67. The lowest BCUT2D eigenvalue weighted by Crippen LogP contribution is -2.27. The lowest BCUT2D eigenvalue weighted by Gasteiger charge is -2.20. The van der Waals surface area contributed by atoms with E-state index in [-0.39, 0.29) is 23.7 Å². The molecule has 0 aliphatic carbocycles. The zero-order valence-electron chi connectivity index (χ0n) is 12.8. The topological polar surface area (TPSA) is 93.8 Å². The monoisotopic (exact) mass is 294 g/mol. The van der Waals surface area contributed by atoms with E-state index in [2.05, 4.69) is 11.9 Å². The Kier molecular flexibility index (Phi) is 5.21. The molecule has 6 heteroatoms. The molecule has 0 bridgehead atoms. The number of methoxy groups -OCH3 is 1. The number of benzene rings is 1. The zero-order valence-corrected chi connectivity index (χ0v) is 12.8. The van der Waals surface area contributed by atoms with Crippen LogP contribution >= 0.6 is 0 Å². The molecule has 0 radical (unpaired) electrons. The number of anilines is 1. The molecule has 0 aliphatic heterocycles. The van der Waals surface area contributed by atoms with Crippen molar-refractivity contribution >= 4 is 17.4 Å². The van der Waals surface area contributed by atoms with Crippen LogP contribution < -0.4 is 15.8 Å². The molecule has 0 aliphatic rings. The van der Waals surface area contributed by atoms with Gasteiger partial charge in [0.25, 0.3) is 0 Å². The average Bonchev–Trinajstić information content (AvgIpc) is 2.37. The number of nitrogens with one attached hydrogen (secondary N) is 1. The van der Waals surface area contributed by atoms with E-state index in [1.807, 2.05) is 0 Å². The highest BCUT2D eigenvalue weighted by atomic mass is 16.6. The Bertz CT molecular complexity index is 547. The van der Waals surface area contributed by atoms with Crippen LogP contribution in [0.5, 0.6) is 11.5 Å². The number of phenols is 1. The second-order valence-corrected chi connectivity index (χ2v) is 5.51. The third-order valence-corrected chi connectivity index (χ3v) is 2.59. The molecular formula is C15H22N2O4. The molecule has 0 aromatic heterocycles. The molecule has 6 nitrogen and oxygen atoms in total. The fraction of sp³-hybridized carbons (Fsp3) is 0.400. The predicted octanol–water partition coefficient (Wildman–Crippen LogP) is 2.72. The smallest absolute Gasteiger partial charge is 0.412 e. The quantitative estimate of drug-likeness (QED) is 0.742. The van der Waals surface area contributed by atoms with E-state index in [0.29, 0.717) is 11.1 Å². The maximum atomic E-state index is 11.8. The van der Waals surface area contributed by atoms with Gasteiger partial charge in [-0.05, 0) is 44.0 Å². The largest absolute Gasteiger partial charge is 0.503 e. The van der Waals surface area contributed by atoms with Gasteiger partial charge in [0, 0.05) is 6.54 Å². The maximum Gasteiger partial charge on any atom is 0.412 e. The molecule has 21 heavy (non-hydrogen) atoms. The fourth-order valence-electron chi connectivity index (χ4n) is 1.59. The fourth-order valence-corrected chi connectivity index (χ4v) is 1.59. The molecule has 116 valence electrons. The molecule has 4 N–H and O–H groups in total. The van der Waals surface area contributed by atoms with Crippen molar-refractivity contribution in [3.8, 4) is 11.5 Å². The average molecular weight is 294 g/mol. The summed E-state index contributed by atoms with van der Waals surface area (Å²) in [6, 6.07) is 3.17. The Morgan fingerprint density at radius 2 is 2.05 bits per heavy atom. The molecule has 0 unspecified atom stereocenters. The number of hydrogen-bond acceptors (Lipinski definition) is 5. The van der Waals surface area contributed by atoms with Crippen molar-refractivity contribution in [3.63, 3.8) is 0 Å². The van der Waals surface area contributed by atoms with Gasteiger partial charge < -0.3 is 20.3 Å². The first kappa shape index (κ1) is 16.8. The number of rotatable bonds is 4. The summed E-state index contributed by atoms with van der Waals surface area (Å²) in [6.07, 6.45) is -0.671. The highest BCUT2D eigenvalue weighted by molar-refractivity contribution is 5.89. The SMILES string of the molecule is C=C(CN)c1cc(NC(=O)OC(C)(C)C)c(O)c(OC)c1. The summed E-state index contributed by atoms with van der Waals surface area (Å²) >= 11 is 0. The Morgan fingerprint density at radius 3 is 2.52 bits per heavy atom. The molecule has 1 aromatic carbocycles. The van der Waals surface area contributed by atoms with Crippen LogP contribution in [-0.2, 0) is 4.74 Å². The van der Waals surface area contributed by atoms with Crippen LogP contribution in [0.15, 0.2) is 18.7 Å². The molecule has 0 saturated heterocycles. The van der Waals surface area contributed by atoms with Crippen molar-refractivity contribution in [3.05, 3.63) is 24.3 Å². The standard InChI is InChI=1S/C15H22N2O4/c1-9(8-16)10-6-11(13(18)12(7-10)20-5)17-14(19)21-15(2,3)4/h6-7,18H,1,8,16H2,2-5H3,(H,17,19). The Labute approximate surface area is 124 Å². The minimum atomic E-state index is -0.671. The number of nitrogens with two attached hydrogens (primary N) is 1. The van der Waals surface area contributed by atoms with E-state index >= 15 is 0 Å². The van der Waals surface area contributed by atoms with Crippen molar-refractivity contribution in [2.45, 2.75) is 26.4 Å². The van der Waals surface area contributed by atoms with Gasteiger partial charge in [-0.25, -0.2) is 4.79 Å². The van der Waals surface area contributed by atoms with Gasteiger partial charge in [-0.15, -0.1) is 0 Å². The lowest BCUT2D eigenvalue weighted by molar-refractivity contribution is 0.0635. The summed E-state index contributed by atoms with van der Waals surface area (Å²) in [5.74, 6) is 0.0325. The summed E-state index contributed by atoms with van der Waals surface area (Å²) in [5.41, 5.74) is 6.41. The van der Waals surface area contributed by atoms with E-state index in [4.69, 9.17) is 15.2 Å². The summed E-state index contributed by atoms with van der Waals surface area (Å²) in [4.78, 5) is 11.8. The summed E-state index contributed by atoms with van der Waals surface area (Å²) in [6.45, 7) is 9.32. The summed E-state index contributed by atoms with van der Waals surface area (Å²) in [5, 5.41) is 12.5. The second kappa shape index (κ2) is 6.49. The zero-order chi connectivity index (χ0) is 16.2. The highest BCUT2D eigenvalue weighted by Gasteiger charge is 2.19. The van der Waals surface area contributed by atoms with Gasteiger partial charge in [-0.2, -0.15) is 0 Å². The summed E-state index contributed by atoms with van der Waals surface area (Å²) < 4.78 is 10.2. The number of carbonyl (C=O) groups is 1. The number of carbonyl (C=O) groups excluding carboxylic acids is 1. The Hall–Kier alpha value is -2.21. The molecule has 0 fully saturated rings. The first-order valence-electron chi connectivity index (χ1n) is 6.47. The van der Waals surface area contributed by atoms with Gasteiger partial charge in [-0.3, -0.25) is 5.32 Å². The molecule has 1 aromatic rings. The maximum absolute atomic E-state index is 11.8. The molecule has 0 heterocycles. The van der Waals surface area contributed by atoms with Crippen LogP contribution in [0, 0.1) is 0 Å². The number of ether oxygens (including phenoxy) is 2. The third kappa shape index (κ3) is 4.68. The third-order valence-electron chi connectivity index (χ3n) is 2.59. The van der Waals surface area contributed by atoms with Gasteiger partial charge >= 0.3 is 6.09 Å². The van der Waals surface area contributed by atoms with Gasteiger partial charge in [0.1, 0.15) is 5.60 Å². The van der Waals surface area contributed by atoms with Gasteiger partial charge in [0.2, 0.25) is 0 Å². The molecule has 1 rings (SSSR count). The predicted molar refractivity (Wildman–Crippen MR) is 82.6 cm³/mol. The van der Waals surface area contributed by atoms with Crippen LogP contribution in [0.1, 0.15) is 26.3 Å². The normalized spacial score (nSPS) is 10.9. The summed E-state index contributed by atoms with van der Waals surface area (Å²) in [7, 11) is 1.42. The van der Waals surface area contributed by atoms with E-state index < -0.39 is 11.7 Å². The van der Waals surface area contributed by atoms with E-state index in [1.54, 1.807) is 32.9 Å². The Balaban J connectivity index is 3.10. The van der Waals surface area contributed by atoms with Crippen LogP contribution in [0.4, 0.5) is 10.5 Å². The first-order valence-corrected chi connectivity index (χ1v) is 6.47. The van der Waals surface area contributed by atoms with E-state index in [1.165, 1.54) is 7.11 Å². The van der Waals surface area contributed by atoms with Crippen LogP contribution in [0.3, 0.4) is 0 Å². The van der Waals surface area contributed by atoms with Crippen molar-refractivity contribution < 1.29 is 19.4 Å². The highest BCUT2D eigenvalue weighted by Crippen LogP contribution is 2.37. The molecule has 0 atom stereocenters. The number of hydrogen-bond donors (Lipinski definition) is 3. The van der Waals surface area contributed by atoms with Crippen LogP contribution in [0.2, 0.25) is 0 Å². The molecule has 1 amide bonds. The number of aromatic hydroxyl groups is 1. The second-order valence-electron chi connectivity index (χ2n) is 5.51. The van der Waals surface area contributed by atoms with Crippen molar-refractivity contribution in [2.75, 3.05) is 19.0 Å². The van der Waals surface area contributed by atoms with Gasteiger partial charge in [0.15, 0.2) is 11.5 Å². The number of amides is 1. The Morgan fingerprint density at radius 1 is 1.43 bits per heavy atom. The minimum absolute atomic E-state index is 0.174. The minimum Gasteiger partial charge on any atom is -0.503 e. The van der Waals surface area contributed by atoms with Gasteiger partial charge in [0.05, 0.1) is 12.8 Å². The molecule has 0 saturated carbocycles. The van der Waals surface area contributed by atoms with E-state index in [9.17, 15) is 9.90 Å². The van der Waals surface area contributed by atoms with E-state index in [0.717, 1.165) is 0 Å². The van der Waals surface area contributed by atoms with Crippen molar-refractivity contribution in [1.82, 2.24) is 0 Å². The van der Waals surface area contributed by atoms with Crippen molar-refractivity contribution in [2.24, 2.45) is 5.73 Å². The molecule has 0 spiro atoms. The van der Waals surface area contributed by atoms with Gasteiger partial charge in [-0.1, -0.05) is 6.58 Å². The molecular weight excluding hydrogens is 272 g/mol. The van der Waals surface area contributed by atoms with Crippen LogP contribution in [-0.4, -0.2) is 30.5 Å². The van der Waals surface area contributed by atoms with Crippen molar-refractivity contribution in [1.29, 1.82) is 0 Å².